The highest BCUT2D eigenvalue weighted by atomic mass is 19.1. The van der Waals surface area contributed by atoms with Crippen molar-refractivity contribution in [3.05, 3.63) is 59.8 Å². The number of benzene rings is 1. The molecule has 1 aromatic carbocycles. The summed E-state index contributed by atoms with van der Waals surface area (Å²) in [6.07, 6.45) is 3.91. The number of piperidine rings is 1. The molecule has 2 atom stereocenters. The molecule has 29 heavy (non-hydrogen) atoms. The Hall–Kier alpha value is -2.71. The summed E-state index contributed by atoms with van der Waals surface area (Å²) in [5.41, 5.74) is 6.44. The normalized spacial score (nSPS) is 22.6. The minimum atomic E-state index is -0.482. The van der Waals surface area contributed by atoms with Gasteiger partial charge in [-0.15, -0.1) is 0 Å². The molecule has 7 nitrogen and oxygen atoms in total. The number of hydrazine groups is 1. The van der Waals surface area contributed by atoms with E-state index in [-0.39, 0.29) is 29.5 Å². The maximum absolute atomic E-state index is 13.9. The van der Waals surface area contributed by atoms with Gasteiger partial charge in [-0.1, -0.05) is 12.1 Å². The highest BCUT2D eigenvalue weighted by molar-refractivity contribution is 5.94. The molecule has 0 saturated carbocycles. The molecule has 0 radical (unpaired) electrons. The molecule has 8 heteroatoms. The molecule has 2 aromatic rings. The van der Waals surface area contributed by atoms with Crippen LogP contribution in [0.2, 0.25) is 0 Å². The van der Waals surface area contributed by atoms with Crippen LogP contribution in [0.1, 0.15) is 35.4 Å². The molecule has 0 bridgehead atoms. The third-order valence-corrected chi connectivity index (χ3v) is 5.77. The maximum atomic E-state index is 13.9. The van der Waals surface area contributed by atoms with Gasteiger partial charge in [0.1, 0.15) is 17.6 Å². The molecule has 2 aliphatic rings. The lowest BCUT2D eigenvalue weighted by molar-refractivity contribution is -0.123. The van der Waals surface area contributed by atoms with Crippen molar-refractivity contribution in [3.63, 3.8) is 0 Å². The lowest BCUT2D eigenvalue weighted by Crippen LogP contribution is -2.45. The summed E-state index contributed by atoms with van der Waals surface area (Å²) < 4.78 is 19.1. The Morgan fingerprint density at radius 3 is 2.66 bits per heavy atom. The van der Waals surface area contributed by atoms with Gasteiger partial charge >= 0.3 is 0 Å². The van der Waals surface area contributed by atoms with E-state index in [1.165, 1.54) is 12.1 Å². The van der Waals surface area contributed by atoms with Crippen LogP contribution in [0.15, 0.2) is 47.1 Å². The van der Waals surface area contributed by atoms with Crippen molar-refractivity contribution in [3.8, 4) is 0 Å². The fraction of sp³-hybridized carbons (Fsp3) is 0.429. The van der Waals surface area contributed by atoms with Crippen LogP contribution in [0.4, 0.5) is 4.39 Å². The van der Waals surface area contributed by atoms with Gasteiger partial charge in [0.15, 0.2) is 0 Å². The van der Waals surface area contributed by atoms with Gasteiger partial charge in [-0.25, -0.2) is 9.82 Å². The predicted octanol–water partition coefficient (Wildman–Crippen LogP) is 1.82. The zero-order valence-corrected chi connectivity index (χ0v) is 16.1. The van der Waals surface area contributed by atoms with Crippen LogP contribution < -0.4 is 16.2 Å². The highest BCUT2D eigenvalue weighted by Crippen LogP contribution is 2.26. The van der Waals surface area contributed by atoms with Gasteiger partial charge in [0.05, 0.1) is 18.4 Å². The summed E-state index contributed by atoms with van der Waals surface area (Å²) in [5, 5.41) is 2.87. The molecule has 2 fully saturated rings. The van der Waals surface area contributed by atoms with E-state index in [1.807, 2.05) is 6.07 Å². The first-order valence-corrected chi connectivity index (χ1v) is 9.97. The minimum Gasteiger partial charge on any atom is -0.467 e. The van der Waals surface area contributed by atoms with Crippen LogP contribution in [-0.2, 0) is 11.3 Å². The lowest BCUT2D eigenvalue weighted by Gasteiger charge is -2.34. The number of hydrogen-bond acceptors (Lipinski definition) is 5. The molecule has 3 heterocycles. The van der Waals surface area contributed by atoms with E-state index < -0.39 is 5.82 Å². The van der Waals surface area contributed by atoms with Gasteiger partial charge < -0.3 is 14.6 Å². The summed E-state index contributed by atoms with van der Waals surface area (Å²) in [5.74, 6) is 0.269. The Kier molecular flexibility index (Phi) is 5.92. The molecule has 1 aromatic heterocycles. The molecule has 2 unspecified atom stereocenters. The first-order valence-electron chi connectivity index (χ1n) is 9.97. The SMILES string of the molecule is O=C(NCc1ccco1)C1CC(C2CCN(C(=O)c3ccccc3F)CC2)NN1. The fourth-order valence-corrected chi connectivity index (χ4v) is 4.08. The number of likely N-dealkylation sites (tertiary alicyclic amines) is 1. The zero-order chi connectivity index (χ0) is 20.2. The Balaban J connectivity index is 1.24. The van der Waals surface area contributed by atoms with Gasteiger partial charge in [-0.3, -0.25) is 15.0 Å². The molecular formula is C21H25FN4O3. The van der Waals surface area contributed by atoms with Crippen molar-refractivity contribution in [1.29, 1.82) is 0 Å². The Morgan fingerprint density at radius 2 is 1.93 bits per heavy atom. The van der Waals surface area contributed by atoms with E-state index in [9.17, 15) is 14.0 Å². The summed E-state index contributed by atoms with van der Waals surface area (Å²) in [4.78, 5) is 26.6. The quantitative estimate of drug-likeness (QED) is 0.713. The second kappa shape index (κ2) is 8.75. The van der Waals surface area contributed by atoms with E-state index in [0.29, 0.717) is 37.7 Å². The predicted molar refractivity (Wildman–Crippen MR) is 104 cm³/mol. The summed E-state index contributed by atoms with van der Waals surface area (Å²) in [6, 6.07) is 9.57. The number of furan rings is 1. The van der Waals surface area contributed by atoms with Gasteiger partial charge in [-0.05, 0) is 49.4 Å². The van der Waals surface area contributed by atoms with Gasteiger partial charge in [-0.2, -0.15) is 0 Å². The van der Waals surface area contributed by atoms with Gasteiger partial charge in [0, 0.05) is 19.1 Å². The van der Waals surface area contributed by atoms with Gasteiger partial charge in [0.25, 0.3) is 5.91 Å². The molecule has 2 saturated heterocycles. The van der Waals surface area contributed by atoms with E-state index >= 15 is 0 Å². The highest BCUT2D eigenvalue weighted by Gasteiger charge is 2.36. The van der Waals surface area contributed by atoms with Crippen LogP contribution in [0.3, 0.4) is 0 Å². The Labute approximate surface area is 168 Å². The number of carbonyl (C=O) groups excluding carboxylic acids is 2. The molecule has 154 valence electrons. The maximum Gasteiger partial charge on any atom is 0.256 e. The molecule has 3 N–H and O–H groups in total. The van der Waals surface area contributed by atoms with Crippen molar-refractivity contribution < 1.29 is 18.4 Å². The Morgan fingerprint density at radius 1 is 1.14 bits per heavy atom. The van der Waals surface area contributed by atoms with E-state index in [4.69, 9.17) is 4.42 Å². The molecule has 2 aliphatic heterocycles. The van der Waals surface area contributed by atoms with E-state index in [2.05, 4.69) is 16.2 Å². The van der Waals surface area contributed by atoms with E-state index in [0.717, 1.165) is 12.8 Å². The third-order valence-electron chi connectivity index (χ3n) is 5.77. The van der Waals surface area contributed by atoms with Crippen molar-refractivity contribution >= 4 is 11.8 Å². The summed E-state index contributed by atoms with van der Waals surface area (Å²) in [6.45, 7) is 1.54. The van der Waals surface area contributed by atoms with Crippen LogP contribution in [-0.4, -0.2) is 41.9 Å². The molecule has 4 rings (SSSR count). The molecule has 0 spiro atoms. The summed E-state index contributed by atoms with van der Waals surface area (Å²) in [7, 11) is 0. The third kappa shape index (κ3) is 4.49. The second-order valence-corrected chi connectivity index (χ2v) is 7.59. The average Bonchev–Trinajstić information content (AvgIpc) is 3.44. The van der Waals surface area contributed by atoms with Crippen LogP contribution in [0.5, 0.6) is 0 Å². The number of halogens is 1. The van der Waals surface area contributed by atoms with Crippen molar-refractivity contribution in [2.24, 2.45) is 5.92 Å². The number of nitrogens with zero attached hydrogens (tertiary/aromatic N) is 1. The van der Waals surface area contributed by atoms with Gasteiger partial charge in [0.2, 0.25) is 5.91 Å². The standard InChI is InChI=1S/C21H25FN4O3/c22-17-6-2-1-5-16(17)21(28)26-9-7-14(8-10-26)18-12-19(25-24-18)20(27)23-13-15-4-3-11-29-15/h1-6,11,14,18-19,24-25H,7-10,12-13H2,(H,23,27). The summed E-state index contributed by atoms with van der Waals surface area (Å²) >= 11 is 0. The number of amides is 2. The first-order chi connectivity index (χ1) is 14.1. The lowest BCUT2D eigenvalue weighted by atomic mass is 9.87. The molecule has 2 amide bonds. The monoisotopic (exact) mass is 400 g/mol. The van der Waals surface area contributed by atoms with Crippen LogP contribution >= 0.6 is 0 Å². The molecular weight excluding hydrogens is 375 g/mol. The second-order valence-electron chi connectivity index (χ2n) is 7.59. The topological polar surface area (TPSA) is 86.6 Å². The van der Waals surface area contributed by atoms with Crippen LogP contribution in [0, 0.1) is 11.7 Å². The fourth-order valence-electron chi connectivity index (χ4n) is 4.08. The van der Waals surface area contributed by atoms with E-state index in [1.54, 1.807) is 29.4 Å². The number of hydrogen-bond donors (Lipinski definition) is 3. The first kappa shape index (κ1) is 19.6. The van der Waals surface area contributed by atoms with Crippen molar-refractivity contribution in [2.75, 3.05) is 13.1 Å². The zero-order valence-electron chi connectivity index (χ0n) is 16.1. The molecule has 0 aliphatic carbocycles. The van der Waals surface area contributed by atoms with Crippen molar-refractivity contribution in [2.45, 2.75) is 37.9 Å². The number of nitrogens with one attached hydrogen (secondary N) is 3. The average molecular weight is 400 g/mol. The van der Waals surface area contributed by atoms with Crippen molar-refractivity contribution in [1.82, 2.24) is 21.1 Å². The number of rotatable bonds is 5. The minimum absolute atomic E-state index is 0.0661. The number of carbonyl (C=O) groups is 2. The Bertz CT molecular complexity index is 849. The largest absolute Gasteiger partial charge is 0.467 e. The smallest absolute Gasteiger partial charge is 0.256 e. The van der Waals surface area contributed by atoms with Crippen LogP contribution in [0.25, 0.3) is 0 Å².